The molecule has 0 fully saturated rings. The molecule has 0 spiro atoms. The van der Waals surface area contributed by atoms with Gasteiger partial charge in [-0.3, -0.25) is 0 Å². The molecule has 0 aliphatic heterocycles. The van der Waals surface area contributed by atoms with Crippen LogP contribution in [0.5, 0.6) is 0 Å². The molecule has 128 valence electrons. The van der Waals surface area contributed by atoms with E-state index in [1.165, 1.54) is 36.7 Å². The van der Waals surface area contributed by atoms with E-state index in [4.69, 9.17) is 5.11 Å². The van der Waals surface area contributed by atoms with Crippen LogP contribution in [0.1, 0.15) is 36.0 Å². The summed E-state index contributed by atoms with van der Waals surface area (Å²) in [5, 5.41) is 19.3. The lowest BCUT2D eigenvalue weighted by molar-refractivity contribution is 0.0690. The second kappa shape index (κ2) is 7.83. The number of hydrogen-bond donors (Lipinski definition) is 2. The molecule has 1 unspecified atom stereocenters. The number of nitrogens with zero attached hydrogens (tertiary/aromatic N) is 3. The highest BCUT2D eigenvalue weighted by molar-refractivity contribution is 5.84. The van der Waals surface area contributed by atoms with Crippen molar-refractivity contribution < 1.29 is 19.4 Å². The van der Waals surface area contributed by atoms with Crippen molar-refractivity contribution in [2.24, 2.45) is 5.92 Å². The maximum absolute atomic E-state index is 13.0. The number of carboxylic acid groups (broad SMARTS) is 1. The standard InChI is InChI=1S/C17H20FN3O3/c1-11(2)9-21(16-8-19-14(7-20-16)17(23)24)10-15(22)12-3-5-13(18)6-4-12/h3-8,11,15,22H,9-10H2,1-2H3,(H,23,24). The van der Waals surface area contributed by atoms with Gasteiger partial charge in [0.1, 0.15) is 11.6 Å². The number of carboxylic acids is 1. The van der Waals surface area contributed by atoms with Crippen LogP contribution in [0.4, 0.5) is 10.2 Å². The highest BCUT2D eigenvalue weighted by Gasteiger charge is 2.17. The van der Waals surface area contributed by atoms with Gasteiger partial charge < -0.3 is 15.1 Å². The number of aliphatic hydroxyl groups excluding tert-OH is 1. The molecule has 1 aromatic heterocycles. The van der Waals surface area contributed by atoms with Crippen LogP contribution in [0.15, 0.2) is 36.7 Å². The van der Waals surface area contributed by atoms with Gasteiger partial charge in [0.2, 0.25) is 0 Å². The van der Waals surface area contributed by atoms with E-state index in [0.29, 0.717) is 23.8 Å². The minimum atomic E-state index is -1.14. The molecule has 1 atom stereocenters. The Labute approximate surface area is 139 Å². The zero-order valence-corrected chi connectivity index (χ0v) is 13.6. The van der Waals surface area contributed by atoms with Gasteiger partial charge in [0, 0.05) is 13.1 Å². The molecule has 2 N–H and O–H groups in total. The lowest BCUT2D eigenvalue weighted by Crippen LogP contribution is -2.33. The summed E-state index contributed by atoms with van der Waals surface area (Å²) < 4.78 is 13.0. The smallest absolute Gasteiger partial charge is 0.356 e. The van der Waals surface area contributed by atoms with Gasteiger partial charge in [-0.05, 0) is 23.6 Å². The van der Waals surface area contributed by atoms with E-state index in [0.717, 1.165) is 0 Å². The Morgan fingerprint density at radius 2 is 1.83 bits per heavy atom. The summed E-state index contributed by atoms with van der Waals surface area (Å²) in [5.74, 6) is -0.725. The van der Waals surface area contributed by atoms with Gasteiger partial charge in [0.05, 0.1) is 18.5 Å². The number of rotatable bonds is 7. The number of anilines is 1. The average Bonchev–Trinajstić information content (AvgIpc) is 2.54. The van der Waals surface area contributed by atoms with Crippen molar-refractivity contribution in [1.82, 2.24) is 9.97 Å². The zero-order chi connectivity index (χ0) is 17.7. The van der Waals surface area contributed by atoms with Gasteiger partial charge >= 0.3 is 5.97 Å². The van der Waals surface area contributed by atoms with Gasteiger partial charge in [-0.1, -0.05) is 26.0 Å². The summed E-state index contributed by atoms with van der Waals surface area (Å²) in [6.07, 6.45) is 1.74. The topological polar surface area (TPSA) is 86.5 Å². The van der Waals surface area contributed by atoms with E-state index in [1.807, 2.05) is 18.7 Å². The SMILES string of the molecule is CC(C)CN(CC(O)c1ccc(F)cc1)c1cnc(C(=O)O)cn1. The second-order valence-corrected chi connectivity index (χ2v) is 5.93. The number of hydrogen-bond acceptors (Lipinski definition) is 5. The van der Waals surface area contributed by atoms with Crippen molar-refractivity contribution in [2.75, 3.05) is 18.0 Å². The maximum Gasteiger partial charge on any atom is 0.356 e. The van der Waals surface area contributed by atoms with E-state index in [1.54, 1.807) is 0 Å². The van der Waals surface area contributed by atoms with Crippen molar-refractivity contribution in [1.29, 1.82) is 0 Å². The number of benzene rings is 1. The molecular weight excluding hydrogens is 313 g/mol. The minimum Gasteiger partial charge on any atom is -0.476 e. The van der Waals surface area contributed by atoms with Crippen LogP contribution in [0, 0.1) is 11.7 Å². The first kappa shape index (κ1) is 17.8. The van der Waals surface area contributed by atoms with E-state index < -0.39 is 12.1 Å². The maximum atomic E-state index is 13.0. The monoisotopic (exact) mass is 333 g/mol. The van der Waals surface area contributed by atoms with Crippen LogP contribution in [-0.4, -0.2) is 39.2 Å². The fourth-order valence-electron chi connectivity index (χ4n) is 2.30. The van der Waals surface area contributed by atoms with Crippen molar-refractivity contribution in [2.45, 2.75) is 20.0 Å². The van der Waals surface area contributed by atoms with Crippen LogP contribution in [0.2, 0.25) is 0 Å². The highest BCUT2D eigenvalue weighted by atomic mass is 19.1. The Hall–Kier alpha value is -2.54. The molecule has 2 aromatic rings. The molecule has 0 radical (unpaired) electrons. The quantitative estimate of drug-likeness (QED) is 0.810. The number of halogens is 1. The summed E-state index contributed by atoms with van der Waals surface area (Å²) in [5.41, 5.74) is 0.461. The molecule has 7 heteroatoms. The largest absolute Gasteiger partial charge is 0.476 e. The number of aromatic carboxylic acids is 1. The highest BCUT2D eigenvalue weighted by Crippen LogP contribution is 2.19. The van der Waals surface area contributed by atoms with E-state index in [2.05, 4.69) is 9.97 Å². The van der Waals surface area contributed by atoms with Gasteiger partial charge in [-0.25, -0.2) is 19.2 Å². The van der Waals surface area contributed by atoms with Crippen molar-refractivity contribution in [3.05, 3.63) is 53.7 Å². The third-order valence-corrected chi connectivity index (χ3v) is 3.41. The number of carbonyl (C=O) groups is 1. The van der Waals surface area contributed by atoms with Crippen molar-refractivity contribution in [3.63, 3.8) is 0 Å². The first-order valence-corrected chi connectivity index (χ1v) is 7.60. The Balaban J connectivity index is 2.18. The number of aliphatic hydroxyl groups is 1. The number of aromatic nitrogens is 2. The molecule has 0 saturated carbocycles. The fourth-order valence-corrected chi connectivity index (χ4v) is 2.30. The molecule has 0 aliphatic rings. The van der Waals surface area contributed by atoms with Crippen molar-refractivity contribution in [3.8, 4) is 0 Å². The molecular formula is C17H20FN3O3. The Morgan fingerprint density at radius 1 is 1.17 bits per heavy atom. The third-order valence-electron chi connectivity index (χ3n) is 3.41. The molecule has 6 nitrogen and oxygen atoms in total. The van der Waals surface area contributed by atoms with Gasteiger partial charge in [-0.2, -0.15) is 0 Å². The predicted molar refractivity (Wildman–Crippen MR) is 87.4 cm³/mol. The Morgan fingerprint density at radius 3 is 2.33 bits per heavy atom. The first-order valence-electron chi connectivity index (χ1n) is 7.60. The van der Waals surface area contributed by atoms with Crippen molar-refractivity contribution >= 4 is 11.8 Å². The molecule has 0 amide bonds. The molecule has 24 heavy (non-hydrogen) atoms. The fraction of sp³-hybridized carbons (Fsp3) is 0.353. The van der Waals surface area contributed by atoms with E-state index in [-0.39, 0.29) is 18.1 Å². The molecule has 0 bridgehead atoms. The summed E-state index contributed by atoms with van der Waals surface area (Å²) >= 11 is 0. The zero-order valence-electron chi connectivity index (χ0n) is 13.6. The molecule has 2 rings (SSSR count). The Bertz CT molecular complexity index is 674. The third kappa shape index (κ3) is 4.73. The summed E-state index contributed by atoms with van der Waals surface area (Å²) in [7, 11) is 0. The molecule has 0 aliphatic carbocycles. The summed E-state index contributed by atoms with van der Waals surface area (Å²) in [6.45, 7) is 4.90. The second-order valence-electron chi connectivity index (χ2n) is 5.93. The van der Waals surface area contributed by atoms with Crippen LogP contribution in [0.25, 0.3) is 0 Å². The van der Waals surface area contributed by atoms with Crippen LogP contribution in [0.3, 0.4) is 0 Å². The van der Waals surface area contributed by atoms with Crippen LogP contribution >= 0.6 is 0 Å². The summed E-state index contributed by atoms with van der Waals surface area (Å²) in [4.78, 5) is 20.7. The van der Waals surface area contributed by atoms with E-state index >= 15 is 0 Å². The summed E-state index contributed by atoms with van der Waals surface area (Å²) in [6, 6.07) is 5.67. The van der Waals surface area contributed by atoms with Gasteiger partial charge in [0.25, 0.3) is 0 Å². The molecule has 1 heterocycles. The van der Waals surface area contributed by atoms with Gasteiger partial charge in [0.15, 0.2) is 5.69 Å². The van der Waals surface area contributed by atoms with E-state index in [9.17, 15) is 14.3 Å². The predicted octanol–water partition coefficient (Wildman–Crippen LogP) is 2.51. The average molecular weight is 333 g/mol. The first-order chi connectivity index (χ1) is 11.4. The molecule has 0 saturated heterocycles. The van der Waals surface area contributed by atoms with Gasteiger partial charge in [-0.15, -0.1) is 0 Å². The van der Waals surface area contributed by atoms with Crippen LogP contribution < -0.4 is 4.90 Å². The normalized spacial score (nSPS) is 12.2. The Kier molecular flexibility index (Phi) is 5.81. The minimum absolute atomic E-state index is 0.137. The van der Waals surface area contributed by atoms with Crippen LogP contribution in [-0.2, 0) is 0 Å². The lowest BCUT2D eigenvalue weighted by atomic mass is 10.1. The lowest BCUT2D eigenvalue weighted by Gasteiger charge is -2.27. The molecule has 1 aromatic carbocycles.